The third-order valence-electron chi connectivity index (χ3n) is 3.33. The zero-order valence-electron chi connectivity index (χ0n) is 15.9. The van der Waals surface area contributed by atoms with Gasteiger partial charge in [0.05, 0.1) is 25.7 Å². The van der Waals surface area contributed by atoms with Gasteiger partial charge in [-0.15, -0.1) is 0 Å². The molecule has 12 nitrogen and oxygen atoms in total. The molecule has 0 atom stereocenters. The maximum atomic E-state index is 11.4. The van der Waals surface area contributed by atoms with E-state index in [0.29, 0.717) is 17.1 Å². The number of anilines is 1. The number of hydrogen-bond acceptors (Lipinski definition) is 11. The fraction of sp³-hybridized carbons (Fsp3) is 0.562. The fourth-order valence-corrected chi connectivity index (χ4v) is 2.04. The van der Waals surface area contributed by atoms with E-state index in [9.17, 15) is 9.59 Å². The van der Waals surface area contributed by atoms with E-state index in [0.717, 1.165) is 0 Å². The number of fused-ring (bicyclic) bond motifs is 1. The molecule has 2 heterocycles. The average Bonchev–Trinajstić information content (AvgIpc) is 3.10. The zero-order chi connectivity index (χ0) is 20.4. The quantitative estimate of drug-likeness (QED) is 0.585. The minimum atomic E-state index is -0.841. The standard InChI is InChI=1S/C16H23N5O7/c1-4-24-15(22)26-7-11(8-27-16(23)25-5-2)28-10-21-9-19-12-6-18-14(17-3)20-13(12)21/h6,9,11H,4-5,7-8,10H2,1-3H3,(H,17,18,20). The van der Waals surface area contributed by atoms with Crippen LogP contribution in [0.15, 0.2) is 12.5 Å². The van der Waals surface area contributed by atoms with Crippen LogP contribution >= 0.6 is 0 Å². The molecule has 2 rings (SSSR count). The van der Waals surface area contributed by atoms with Gasteiger partial charge < -0.3 is 29.0 Å². The molecule has 0 bridgehead atoms. The molecule has 0 aliphatic heterocycles. The van der Waals surface area contributed by atoms with E-state index in [4.69, 9.17) is 23.7 Å². The van der Waals surface area contributed by atoms with Crippen molar-refractivity contribution in [3.8, 4) is 0 Å². The van der Waals surface area contributed by atoms with Crippen molar-refractivity contribution in [2.45, 2.75) is 26.7 Å². The van der Waals surface area contributed by atoms with Crippen LogP contribution in [-0.2, 0) is 30.4 Å². The lowest BCUT2D eigenvalue weighted by atomic mass is 10.4. The highest BCUT2D eigenvalue weighted by molar-refractivity contribution is 5.70. The molecule has 0 amide bonds. The number of rotatable bonds is 10. The second kappa shape index (κ2) is 10.9. The van der Waals surface area contributed by atoms with Gasteiger partial charge in [-0.1, -0.05) is 0 Å². The van der Waals surface area contributed by atoms with E-state index in [1.165, 1.54) is 6.33 Å². The summed E-state index contributed by atoms with van der Waals surface area (Å²) in [6.45, 7) is 3.34. The number of carbonyl (C=O) groups excluding carboxylic acids is 2. The van der Waals surface area contributed by atoms with Gasteiger partial charge in [0, 0.05) is 7.05 Å². The summed E-state index contributed by atoms with van der Waals surface area (Å²) in [5, 5.41) is 2.84. The Morgan fingerprint density at radius 3 is 2.29 bits per heavy atom. The predicted octanol–water partition coefficient (Wildman–Crippen LogP) is 1.56. The van der Waals surface area contributed by atoms with Crippen LogP contribution in [0.2, 0.25) is 0 Å². The summed E-state index contributed by atoms with van der Waals surface area (Å²) in [5.41, 5.74) is 1.14. The summed E-state index contributed by atoms with van der Waals surface area (Å²) >= 11 is 0. The molecule has 0 fully saturated rings. The van der Waals surface area contributed by atoms with Crippen molar-refractivity contribution in [3.63, 3.8) is 0 Å². The van der Waals surface area contributed by atoms with Gasteiger partial charge in [0.2, 0.25) is 5.95 Å². The smallest absolute Gasteiger partial charge is 0.435 e. The highest BCUT2D eigenvalue weighted by atomic mass is 16.7. The molecule has 0 saturated heterocycles. The minimum absolute atomic E-state index is 0.0275. The first-order valence-electron chi connectivity index (χ1n) is 8.63. The highest BCUT2D eigenvalue weighted by Gasteiger charge is 2.18. The van der Waals surface area contributed by atoms with Crippen molar-refractivity contribution in [3.05, 3.63) is 12.5 Å². The summed E-state index contributed by atoms with van der Waals surface area (Å²) in [6, 6.07) is 0. The Morgan fingerprint density at radius 2 is 1.71 bits per heavy atom. The largest absolute Gasteiger partial charge is 0.508 e. The number of nitrogens with zero attached hydrogens (tertiary/aromatic N) is 4. The number of carbonyl (C=O) groups is 2. The molecule has 154 valence electrons. The molecular formula is C16H23N5O7. The maximum Gasteiger partial charge on any atom is 0.508 e. The first-order valence-corrected chi connectivity index (χ1v) is 8.63. The van der Waals surface area contributed by atoms with Gasteiger partial charge in [0.1, 0.15) is 31.6 Å². The summed E-state index contributed by atoms with van der Waals surface area (Å²) in [5.74, 6) is 0.432. The first kappa shape index (κ1) is 21.2. The molecule has 1 N–H and O–H groups in total. The first-order chi connectivity index (χ1) is 13.6. The fourth-order valence-electron chi connectivity index (χ4n) is 2.04. The van der Waals surface area contributed by atoms with Crippen molar-refractivity contribution in [2.75, 3.05) is 38.8 Å². The van der Waals surface area contributed by atoms with Gasteiger partial charge in [-0.3, -0.25) is 4.57 Å². The molecule has 0 radical (unpaired) electrons. The maximum absolute atomic E-state index is 11.4. The van der Waals surface area contributed by atoms with Crippen LogP contribution in [-0.4, -0.2) is 71.4 Å². The van der Waals surface area contributed by atoms with Crippen LogP contribution in [0.4, 0.5) is 15.5 Å². The molecule has 0 aromatic carbocycles. The number of hydrogen-bond donors (Lipinski definition) is 1. The number of aromatic nitrogens is 4. The van der Waals surface area contributed by atoms with E-state index in [1.807, 2.05) is 0 Å². The monoisotopic (exact) mass is 397 g/mol. The molecule has 0 aliphatic carbocycles. The van der Waals surface area contributed by atoms with Crippen molar-refractivity contribution < 1.29 is 33.3 Å². The Hall–Kier alpha value is -3.15. The van der Waals surface area contributed by atoms with Crippen molar-refractivity contribution in [1.29, 1.82) is 0 Å². The van der Waals surface area contributed by atoms with Gasteiger partial charge >= 0.3 is 12.3 Å². The number of imidazole rings is 1. The highest BCUT2D eigenvalue weighted by Crippen LogP contribution is 2.12. The molecule has 0 unspecified atom stereocenters. The second-order valence-corrected chi connectivity index (χ2v) is 5.27. The zero-order valence-corrected chi connectivity index (χ0v) is 15.9. The van der Waals surface area contributed by atoms with Crippen LogP contribution < -0.4 is 5.32 Å². The molecule has 2 aromatic heterocycles. The van der Waals surface area contributed by atoms with Crippen LogP contribution in [0, 0.1) is 0 Å². The van der Waals surface area contributed by atoms with Crippen molar-refractivity contribution in [2.24, 2.45) is 0 Å². The molecule has 0 aliphatic rings. The Morgan fingerprint density at radius 1 is 1.07 bits per heavy atom. The van der Waals surface area contributed by atoms with Gasteiger partial charge in [0.25, 0.3) is 0 Å². The van der Waals surface area contributed by atoms with Gasteiger partial charge in [-0.05, 0) is 13.8 Å². The van der Waals surface area contributed by atoms with E-state index in [2.05, 4.69) is 20.3 Å². The van der Waals surface area contributed by atoms with Crippen LogP contribution in [0.3, 0.4) is 0 Å². The molecular weight excluding hydrogens is 374 g/mol. The third kappa shape index (κ3) is 6.23. The summed E-state index contributed by atoms with van der Waals surface area (Å²) in [4.78, 5) is 35.4. The molecule has 0 spiro atoms. The molecule has 0 saturated carbocycles. The number of nitrogens with one attached hydrogen (secondary N) is 1. The number of ether oxygens (including phenoxy) is 5. The van der Waals surface area contributed by atoms with Crippen molar-refractivity contribution in [1.82, 2.24) is 19.5 Å². The van der Waals surface area contributed by atoms with E-state index < -0.39 is 18.4 Å². The average molecular weight is 397 g/mol. The molecule has 28 heavy (non-hydrogen) atoms. The Labute approximate surface area is 161 Å². The van der Waals surface area contributed by atoms with Gasteiger partial charge in [0.15, 0.2) is 5.65 Å². The lowest BCUT2D eigenvalue weighted by molar-refractivity contribution is -0.0705. The SMILES string of the molecule is CCOC(=O)OCC(COC(=O)OCC)OCn1cnc2cnc(NC)nc21. The van der Waals surface area contributed by atoms with Crippen molar-refractivity contribution >= 4 is 29.4 Å². The van der Waals surface area contributed by atoms with E-state index in [-0.39, 0.29) is 33.2 Å². The van der Waals surface area contributed by atoms with Gasteiger partial charge in [-0.25, -0.2) is 19.6 Å². The lowest BCUT2D eigenvalue weighted by Crippen LogP contribution is -2.29. The lowest BCUT2D eigenvalue weighted by Gasteiger charge is -2.18. The Balaban J connectivity index is 1.99. The summed E-state index contributed by atoms with van der Waals surface area (Å²) in [7, 11) is 1.70. The second-order valence-electron chi connectivity index (χ2n) is 5.27. The van der Waals surface area contributed by atoms with Crippen LogP contribution in [0.1, 0.15) is 13.8 Å². The van der Waals surface area contributed by atoms with Gasteiger partial charge in [-0.2, -0.15) is 4.98 Å². The summed E-state index contributed by atoms with van der Waals surface area (Å²) < 4.78 is 26.6. The topological polar surface area (TPSA) is 136 Å². The molecule has 12 heteroatoms. The summed E-state index contributed by atoms with van der Waals surface area (Å²) in [6.07, 6.45) is 0.680. The normalized spacial score (nSPS) is 10.7. The Bertz CT molecular complexity index is 760. The van der Waals surface area contributed by atoms with E-state index in [1.54, 1.807) is 31.7 Å². The Kier molecular flexibility index (Phi) is 8.21. The van der Waals surface area contributed by atoms with Crippen LogP contribution in [0.5, 0.6) is 0 Å². The molecule has 2 aromatic rings. The van der Waals surface area contributed by atoms with E-state index >= 15 is 0 Å². The predicted molar refractivity (Wildman–Crippen MR) is 95.7 cm³/mol. The minimum Gasteiger partial charge on any atom is -0.435 e. The van der Waals surface area contributed by atoms with Crippen LogP contribution in [0.25, 0.3) is 11.2 Å². The third-order valence-corrected chi connectivity index (χ3v) is 3.33.